The number of rotatable bonds is 3. The van der Waals surface area contributed by atoms with E-state index in [1.165, 1.54) is 0 Å². The van der Waals surface area contributed by atoms with Gasteiger partial charge in [-0.2, -0.15) is 0 Å². The van der Waals surface area contributed by atoms with Gasteiger partial charge in [-0.1, -0.05) is 37.9 Å². The van der Waals surface area contributed by atoms with Crippen molar-refractivity contribution in [3.8, 4) is 11.3 Å². The van der Waals surface area contributed by atoms with E-state index in [-0.39, 0.29) is 18.0 Å². The number of carbonyl (C=O) groups excluding carboxylic acids is 1. The number of benzene rings is 1. The first kappa shape index (κ1) is 20.9. The third-order valence-corrected chi connectivity index (χ3v) is 6.97. The summed E-state index contributed by atoms with van der Waals surface area (Å²) in [4.78, 5) is 30.6. The SMILES string of the molecule is Cc1nnn(C)c1-c1cc(Br)c2c(c1Cl)C(=O)N(Cc1c(=O)[nH]c(C)c3cnoc13)CC2. The molecular weight excluding hydrogens is 500 g/mol. The molecule has 1 amide bonds. The average Bonchev–Trinajstić information content (AvgIpc) is 3.36. The molecule has 0 unspecified atom stereocenters. The fraction of sp³-hybridized carbons (Fsp3) is 0.286. The Morgan fingerprint density at radius 1 is 1.31 bits per heavy atom. The lowest BCUT2D eigenvalue weighted by Gasteiger charge is -2.30. The van der Waals surface area contributed by atoms with Gasteiger partial charge in [0.1, 0.15) is 0 Å². The maximum atomic E-state index is 13.6. The molecule has 5 rings (SSSR count). The first-order valence-electron chi connectivity index (χ1n) is 9.90. The smallest absolute Gasteiger partial charge is 0.257 e. The van der Waals surface area contributed by atoms with E-state index < -0.39 is 0 Å². The van der Waals surface area contributed by atoms with Gasteiger partial charge >= 0.3 is 0 Å². The second kappa shape index (κ2) is 7.56. The first-order chi connectivity index (χ1) is 15.3. The van der Waals surface area contributed by atoms with Gasteiger partial charge in [-0.15, -0.1) is 5.10 Å². The van der Waals surface area contributed by atoms with E-state index in [2.05, 4.69) is 36.4 Å². The summed E-state index contributed by atoms with van der Waals surface area (Å²) in [7, 11) is 1.78. The fourth-order valence-electron chi connectivity index (χ4n) is 4.27. The zero-order valence-corrected chi connectivity index (χ0v) is 19.8. The highest BCUT2D eigenvalue weighted by molar-refractivity contribution is 9.10. The number of carbonyl (C=O) groups is 1. The van der Waals surface area contributed by atoms with Gasteiger partial charge in [0.25, 0.3) is 11.5 Å². The molecule has 3 aromatic heterocycles. The molecule has 1 aliphatic heterocycles. The van der Waals surface area contributed by atoms with Gasteiger partial charge in [0.15, 0.2) is 5.58 Å². The summed E-state index contributed by atoms with van der Waals surface area (Å²) in [5.41, 5.74) is 4.49. The van der Waals surface area contributed by atoms with Crippen LogP contribution in [0.25, 0.3) is 22.2 Å². The summed E-state index contributed by atoms with van der Waals surface area (Å²) in [5, 5.41) is 13.0. The van der Waals surface area contributed by atoms with Crippen molar-refractivity contribution in [1.82, 2.24) is 30.0 Å². The van der Waals surface area contributed by atoms with Crippen LogP contribution in [0.4, 0.5) is 0 Å². The lowest BCUT2D eigenvalue weighted by molar-refractivity contribution is 0.0726. The standard InChI is InChI=1S/C21H18BrClN6O3/c1-9-13-7-24-32-19(13)14(20(30)25-9)8-29-5-4-11-15(22)6-12(17(23)16(11)21(29)31)18-10(2)26-27-28(18)3/h6-7H,4-5,8H2,1-3H3,(H,25,30). The highest BCUT2D eigenvalue weighted by Gasteiger charge is 2.32. The summed E-state index contributed by atoms with van der Waals surface area (Å²) in [6, 6.07) is 1.90. The lowest BCUT2D eigenvalue weighted by atomic mass is 9.94. The number of H-pyrrole nitrogens is 1. The Kier molecular flexibility index (Phi) is 4.94. The number of pyridine rings is 1. The Labute approximate surface area is 195 Å². The highest BCUT2D eigenvalue weighted by Crippen LogP contribution is 2.40. The van der Waals surface area contributed by atoms with Crippen LogP contribution in [-0.4, -0.2) is 42.5 Å². The number of fused-ring (bicyclic) bond motifs is 2. The molecule has 32 heavy (non-hydrogen) atoms. The van der Waals surface area contributed by atoms with Gasteiger partial charge in [-0.25, -0.2) is 4.68 Å². The lowest BCUT2D eigenvalue weighted by Crippen LogP contribution is -2.39. The maximum absolute atomic E-state index is 13.6. The number of nitrogens with zero attached hydrogens (tertiary/aromatic N) is 5. The van der Waals surface area contributed by atoms with Crippen LogP contribution in [0.15, 0.2) is 26.1 Å². The van der Waals surface area contributed by atoms with Crippen molar-refractivity contribution < 1.29 is 9.32 Å². The minimum Gasteiger partial charge on any atom is -0.356 e. The quantitative estimate of drug-likeness (QED) is 0.445. The van der Waals surface area contributed by atoms with E-state index in [1.54, 1.807) is 29.7 Å². The van der Waals surface area contributed by atoms with Gasteiger partial charge in [0.2, 0.25) is 0 Å². The summed E-state index contributed by atoms with van der Waals surface area (Å²) >= 11 is 10.4. The third-order valence-electron chi connectivity index (χ3n) is 5.87. The summed E-state index contributed by atoms with van der Waals surface area (Å²) in [5.74, 6) is -0.251. The van der Waals surface area contributed by atoms with Crippen molar-refractivity contribution in [3.05, 3.63) is 60.2 Å². The van der Waals surface area contributed by atoms with Gasteiger partial charge in [-0.05, 0) is 31.9 Å². The molecule has 0 fully saturated rings. The van der Waals surface area contributed by atoms with E-state index in [0.717, 1.165) is 15.7 Å². The number of hydrogen-bond acceptors (Lipinski definition) is 6. The minimum absolute atomic E-state index is 0.0874. The van der Waals surface area contributed by atoms with Gasteiger partial charge in [0.05, 0.1) is 45.7 Å². The zero-order valence-electron chi connectivity index (χ0n) is 17.5. The Hall–Kier alpha value is -2.98. The largest absolute Gasteiger partial charge is 0.356 e. The van der Waals surface area contributed by atoms with Crippen LogP contribution in [-0.2, 0) is 20.0 Å². The second-order valence-corrected chi connectivity index (χ2v) is 9.06. The van der Waals surface area contributed by atoms with Crippen LogP contribution in [0.5, 0.6) is 0 Å². The molecule has 0 bridgehead atoms. The van der Waals surface area contributed by atoms with Crippen LogP contribution in [0.1, 0.15) is 32.9 Å². The molecule has 0 atom stereocenters. The van der Waals surface area contributed by atoms with Gasteiger partial charge in [-0.3, -0.25) is 9.59 Å². The number of aromatic amines is 1. The van der Waals surface area contributed by atoms with Crippen molar-refractivity contribution in [3.63, 3.8) is 0 Å². The first-order valence-corrected chi connectivity index (χ1v) is 11.1. The third kappa shape index (κ3) is 3.08. The Bertz CT molecular complexity index is 1450. The molecule has 0 saturated carbocycles. The summed E-state index contributed by atoms with van der Waals surface area (Å²) in [6.45, 7) is 4.15. The van der Waals surface area contributed by atoms with Crippen molar-refractivity contribution >= 4 is 44.4 Å². The van der Waals surface area contributed by atoms with Crippen LogP contribution in [0, 0.1) is 13.8 Å². The maximum Gasteiger partial charge on any atom is 0.257 e. The molecule has 11 heteroatoms. The topological polar surface area (TPSA) is 110 Å². The van der Waals surface area contributed by atoms with E-state index in [4.69, 9.17) is 16.1 Å². The Morgan fingerprint density at radius 3 is 2.81 bits per heavy atom. The number of aryl methyl sites for hydroxylation is 3. The van der Waals surface area contributed by atoms with E-state index in [0.29, 0.717) is 57.0 Å². The van der Waals surface area contributed by atoms with Crippen LogP contribution in [0.2, 0.25) is 5.02 Å². The van der Waals surface area contributed by atoms with Gasteiger partial charge in [0, 0.05) is 29.3 Å². The van der Waals surface area contributed by atoms with E-state index >= 15 is 0 Å². The van der Waals surface area contributed by atoms with Crippen molar-refractivity contribution in [1.29, 1.82) is 0 Å². The number of amides is 1. The molecule has 4 aromatic rings. The predicted octanol–water partition coefficient (Wildman–Crippen LogP) is 3.54. The summed E-state index contributed by atoms with van der Waals surface area (Å²) < 4.78 is 7.77. The molecule has 0 aliphatic carbocycles. The zero-order chi connectivity index (χ0) is 22.7. The minimum atomic E-state index is -0.303. The van der Waals surface area contributed by atoms with Gasteiger partial charge < -0.3 is 14.4 Å². The van der Waals surface area contributed by atoms with Crippen molar-refractivity contribution in [2.45, 2.75) is 26.8 Å². The molecule has 164 valence electrons. The predicted molar refractivity (Wildman–Crippen MR) is 122 cm³/mol. The van der Waals surface area contributed by atoms with Crippen LogP contribution < -0.4 is 5.56 Å². The van der Waals surface area contributed by atoms with Crippen molar-refractivity contribution in [2.75, 3.05) is 6.54 Å². The second-order valence-electron chi connectivity index (χ2n) is 7.82. The fourth-order valence-corrected chi connectivity index (χ4v) is 5.23. The molecule has 1 aliphatic rings. The van der Waals surface area contributed by atoms with Crippen LogP contribution >= 0.6 is 27.5 Å². The Morgan fingerprint density at radius 2 is 2.09 bits per heavy atom. The molecular formula is C21H18BrClN6O3. The molecule has 0 saturated heterocycles. The molecule has 4 heterocycles. The van der Waals surface area contributed by atoms with Crippen molar-refractivity contribution in [2.24, 2.45) is 7.05 Å². The van der Waals surface area contributed by atoms with E-state index in [1.807, 2.05) is 13.0 Å². The normalized spacial score (nSPS) is 13.8. The molecule has 9 nitrogen and oxygen atoms in total. The van der Waals surface area contributed by atoms with E-state index in [9.17, 15) is 9.59 Å². The average molecular weight is 518 g/mol. The number of halogens is 2. The molecule has 1 aromatic carbocycles. The number of nitrogens with one attached hydrogen (secondary N) is 1. The molecule has 0 radical (unpaired) electrons. The summed E-state index contributed by atoms with van der Waals surface area (Å²) in [6.07, 6.45) is 2.15. The molecule has 1 N–H and O–H groups in total. The number of aromatic nitrogens is 5. The molecule has 0 spiro atoms. The monoisotopic (exact) mass is 516 g/mol. The highest BCUT2D eigenvalue weighted by atomic mass is 79.9. The number of hydrogen-bond donors (Lipinski definition) is 1. The Balaban J connectivity index is 1.60. The van der Waals surface area contributed by atoms with Crippen LogP contribution in [0.3, 0.4) is 0 Å².